The number of rotatable bonds is 2. The Kier molecular flexibility index (Phi) is 4.18. The molecule has 2 aliphatic heterocycles. The maximum Gasteiger partial charge on any atom is 0.213 e. The van der Waals surface area contributed by atoms with E-state index in [0.717, 1.165) is 38.5 Å². The Balaban J connectivity index is 1.60. The van der Waals surface area contributed by atoms with Gasteiger partial charge in [-0.25, -0.2) is 5.01 Å². The van der Waals surface area contributed by atoms with Crippen molar-refractivity contribution in [2.75, 3.05) is 0 Å². The summed E-state index contributed by atoms with van der Waals surface area (Å²) in [4.78, 5) is 0. The lowest BCUT2D eigenvalue weighted by molar-refractivity contribution is -0.0190. The lowest BCUT2D eigenvalue weighted by atomic mass is 9.96. The topological polar surface area (TPSA) is 24.8 Å². The normalized spacial score (nSPS) is 20.5. The number of benzene rings is 3. The molecule has 0 amide bonds. The molecule has 0 aliphatic carbocycles. The molecule has 0 bridgehead atoms. The van der Waals surface area contributed by atoms with Crippen molar-refractivity contribution < 1.29 is 4.74 Å². The molecule has 0 N–H and O–H groups in total. The predicted molar refractivity (Wildman–Crippen MR) is 111 cm³/mol. The molecule has 2 atom stereocenters. The average molecular weight is 440 g/mol. The number of hydrazone groups is 1. The molecule has 27 heavy (non-hydrogen) atoms. The summed E-state index contributed by atoms with van der Waals surface area (Å²) in [5.41, 5.74) is 4.40. The van der Waals surface area contributed by atoms with Gasteiger partial charge in [-0.05, 0) is 35.9 Å². The van der Waals surface area contributed by atoms with Gasteiger partial charge in [-0.3, -0.25) is 0 Å². The summed E-state index contributed by atoms with van der Waals surface area (Å²) in [5.74, 6) is 0.927. The highest BCUT2D eigenvalue weighted by molar-refractivity contribution is 9.10. The summed E-state index contributed by atoms with van der Waals surface area (Å²) in [7, 11) is 0. The molecule has 0 saturated carbocycles. The van der Waals surface area contributed by atoms with E-state index in [1.54, 1.807) is 0 Å². The number of hydrogen-bond acceptors (Lipinski definition) is 3. The minimum Gasteiger partial charge on any atom is -0.464 e. The first-order valence-corrected chi connectivity index (χ1v) is 9.99. The van der Waals surface area contributed by atoms with E-state index in [4.69, 9.17) is 21.4 Å². The van der Waals surface area contributed by atoms with Crippen molar-refractivity contribution >= 4 is 33.2 Å². The van der Waals surface area contributed by atoms with E-state index in [9.17, 15) is 0 Å². The Morgan fingerprint density at radius 2 is 1.81 bits per heavy atom. The smallest absolute Gasteiger partial charge is 0.213 e. The van der Waals surface area contributed by atoms with E-state index in [1.165, 1.54) is 5.56 Å². The highest BCUT2D eigenvalue weighted by Crippen LogP contribution is 2.47. The van der Waals surface area contributed by atoms with Crippen molar-refractivity contribution in [2.24, 2.45) is 5.10 Å². The molecule has 134 valence electrons. The van der Waals surface area contributed by atoms with Crippen molar-refractivity contribution in [3.05, 3.63) is 99.0 Å². The largest absolute Gasteiger partial charge is 0.464 e. The summed E-state index contributed by atoms with van der Waals surface area (Å²) >= 11 is 9.62. The number of hydrogen-bond donors (Lipinski definition) is 0. The summed E-state index contributed by atoms with van der Waals surface area (Å²) in [6.45, 7) is 0. The zero-order chi connectivity index (χ0) is 18.4. The fourth-order valence-corrected chi connectivity index (χ4v) is 4.27. The predicted octanol–water partition coefficient (Wildman–Crippen LogP) is 6.34. The lowest BCUT2D eigenvalue weighted by Gasteiger charge is -2.38. The van der Waals surface area contributed by atoms with Crippen LogP contribution < -0.4 is 4.74 Å². The van der Waals surface area contributed by atoms with Crippen molar-refractivity contribution in [1.29, 1.82) is 0 Å². The van der Waals surface area contributed by atoms with E-state index in [1.807, 2.05) is 48.5 Å². The fraction of sp³-hybridized carbons (Fsp3) is 0.136. The molecule has 0 fully saturated rings. The van der Waals surface area contributed by atoms with Crippen LogP contribution in [0.25, 0.3) is 0 Å². The van der Waals surface area contributed by atoms with Crippen LogP contribution >= 0.6 is 27.5 Å². The van der Waals surface area contributed by atoms with Crippen LogP contribution in [0.4, 0.5) is 0 Å². The number of nitrogens with zero attached hydrogens (tertiary/aromatic N) is 2. The van der Waals surface area contributed by atoms with Crippen LogP contribution in [0.1, 0.15) is 35.4 Å². The van der Waals surface area contributed by atoms with Gasteiger partial charge in [0.1, 0.15) is 5.75 Å². The molecule has 5 rings (SSSR count). The minimum absolute atomic E-state index is 0.157. The maximum absolute atomic E-state index is 6.37. The second-order valence-electron chi connectivity index (χ2n) is 6.72. The second kappa shape index (κ2) is 6.70. The Morgan fingerprint density at radius 1 is 1.00 bits per heavy atom. The van der Waals surface area contributed by atoms with Crippen LogP contribution in [0.5, 0.6) is 5.75 Å². The molecule has 3 nitrogen and oxygen atoms in total. The van der Waals surface area contributed by atoms with Gasteiger partial charge in [-0.15, -0.1) is 0 Å². The van der Waals surface area contributed by atoms with Crippen LogP contribution in [0.15, 0.2) is 82.4 Å². The van der Waals surface area contributed by atoms with Gasteiger partial charge >= 0.3 is 0 Å². The van der Waals surface area contributed by atoms with Gasteiger partial charge in [0.2, 0.25) is 6.23 Å². The molecular formula is C22H16BrClN2O. The monoisotopic (exact) mass is 438 g/mol. The highest BCUT2D eigenvalue weighted by atomic mass is 79.9. The molecule has 0 spiro atoms. The number of para-hydroxylation sites is 1. The Hall–Kier alpha value is -2.30. The number of halogens is 2. The van der Waals surface area contributed by atoms with Crippen molar-refractivity contribution in [3.8, 4) is 5.75 Å². The van der Waals surface area contributed by atoms with E-state index < -0.39 is 0 Å². The molecule has 0 aromatic heterocycles. The third kappa shape index (κ3) is 3.03. The van der Waals surface area contributed by atoms with Gasteiger partial charge in [-0.2, -0.15) is 5.10 Å². The van der Waals surface area contributed by atoms with Gasteiger partial charge in [0, 0.05) is 27.0 Å². The molecule has 3 aromatic carbocycles. The van der Waals surface area contributed by atoms with Crippen LogP contribution in [0.2, 0.25) is 5.02 Å². The van der Waals surface area contributed by atoms with Crippen molar-refractivity contribution in [3.63, 3.8) is 0 Å². The van der Waals surface area contributed by atoms with Crippen molar-refractivity contribution in [1.82, 2.24) is 5.01 Å². The Morgan fingerprint density at radius 3 is 2.63 bits per heavy atom. The summed E-state index contributed by atoms with van der Waals surface area (Å²) in [6.07, 6.45) is 0.583. The van der Waals surface area contributed by atoms with Crippen LogP contribution in [0.3, 0.4) is 0 Å². The molecule has 0 radical (unpaired) electrons. The van der Waals surface area contributed by atoms with E-state index >= 15 is 0 Å². The maximum atomic E-state index is 6.37. The van der Waals surface area contributed by atoms with Gasteiger partial charge in [0.25, 0.3) is 0 Å². The van der Waals surface area contributed by atoms with E-state index in [0.29, 0.717) is 0 Å². The molecule has 2 aliphatic rings. The summed E-state index contributed by atoms with van der Waals surface area (Å²) in [6, 6.07) is 24.5. The van der Waals surface area contributed by atoms with Crippen LogP contribution in [-0.2, 0) is 0 Å². The molecule has 0 saturated heterocycles. The van der Waals surface area contributed by atoms with E-state index in [-0.39, 0.29) is 12.3 Å². The zero-order valence-corrected chi connectivity index (χ0v) is 16.7. The standard InChI is InChI=1S/C22H16BrClN2O/c23-16-5-3-4-15(12-16)22-26-20(18-6-1-2-7-21(18)27-22)13-19(25-26)14-8-10-17(24)11-9-14/h1-12,20,22H,13H2/t20-,22+/m0/s1. The highest BCUT2D eigenvalue weighted by Gasteiger charge is 2.40. The third-order valence-electron chi connectivity index (χ3n) is 5.01. The van der Waals surface area contributed by atoms with Crippen LogP contribution in [0, 0.1) is 0 Å². The first-order chi connectivity index (χ1) is 13.2. The SMILES string of the molecule is Clc1ccc(C2=NN3[C@@H](c4cccc(Br)c4)Oc4ccccc4[C@@H]3C2)cc1. The van der Waals surface area contributed by atoms with Gasteiger partial charge in [0.15, 0.2) is 0 Å². The van der Waals surface area contributed by atoms with E-state index in [2.05, 4.69) is 45.2 Å². The third-order valence-corrected chi connectivity index (χ3v) is 5.76. The van der Waals surface area contributed by atoms with Gasteiger partial charge in [0.05, 0.1) is 11.8 Å². The quantitative estimate of drug-likeness (QED) is 0.465. The number of ether oxygens (including phenoxy) is 1. The van der Waals surface area contributed by atoms with Crippen LogP contribution in [-0.4, -0.2) is 10.7 Å². The summed E-state index contributed by atoms with van der Waals surface area (Å²) in [5, 5.41) is 7.79. The first kappa shape index (κ1) is 16.8. The molecule has 0 unspecified atom stereocenters. The molecule has 2 heterocycles. The molecular weight excluding hydrogens is 424 g/mol. The first-order valence-electron chi connectivity index (χ1n) is 8.82. The fourth-order valence-electron chi connectivity index (χ4n) is 3.73. The zero-order valence-electron chi connectivity index (χ0n) is 14.3. The average Bonchev–Trinajstić information content (AvgIpc) is 3.13. The summed E-state index contributed by atoms with van der Waals surface area (Å²) < 4.78 is 7.40. The lowest BCUT2D eigenvalue weighted by Crippen LogP contribution is -2.33. The van der Waals surface area contributed by atoms with Crippen molar-refractivity contribution in [2.45, 2.75) is 18.7 Å². The molecule has 5 heteroatoms. The Labute approximate surface area is 171 Å². The second-order valence-corrected chi connectivity index (χ2v) is 8.07. The van der Waals surface area contributed by atoms with Gasteiger partial charge in [-0.1, -0.05) is 70.0 Å². The Bertz CT molecular complexity index is 1030. The number of fused-ring (bicyclic) bond motifs is 3. The minimum atomic E-state index is -0.257. The van der Waals surface area contributed by atoms with Gasteiger partial charge < -0.3 is 4.74 Å². The molecule has 3 aromatic rings.